The minimum Gasteiger partial charge on any atom is -0.460 e. The predicted octanol–water partition coefficient (Wildman–Crippen LogP) is 4.08. The number of esters is 1. The quantitative estimate of drug-likeness (QED) is 0.177. The van der Waals surface area contributed by atoms with Crippen LogP contribution < -0.4 is 10.6 Å². The van der Waals surface area contributed by atoms with E-state index in [9.17, 15) is 24.0 Å². The molecule has 0 aromatic heterocycles. The molecule has 2 N–H and O–H groups in total. The molecular weight excluding hydrogens is 604 g/mol. The average molecular weight is 661 g/mol. The maximum atomic E-state index is 14.0. The van der Waals surface area contributed by atoms with Gasteiger partial charge in [-0.25, -0.2) is 4.79 Å². The molecule has 12 nitrogen and oxygen atoms in total. The van der Waals surface area contributed by atoms with Crippen LogP contribution >= 0.6 is 0 Å². The lowest BCUT2D eigenvalue weighted by atomic mass is 9.98. The van der Waals surface area contributed by atoms with Gasteiger partial charge in [-0.15, -0.1) is 0 Å². The summed E-state index contributed by atoms with van der Waals surface area (Å²) in [7, 11) is 2.94. The van der Waals surface area contributed by atoms with Gasteiger partial charge < -0.3 is 34.6 Å². The molecular formula is C35H56N4O8. The van der Waals surface area contributed by atoms with E-state index in [1.54, 1.807) is 27.7 Å². The molecule has 1 aromatic rings. The van der Waals surface area contributed by atoms with E-state index in [0.29, 0.717) is 6.42 Å². The van der Waals surface area contributed by atoms with Gasteiger partial charge in [0.2, 0.25) is 17.7 Å². The summed E-state index contributed by atoms with van der Waals surface area (Å²) < 4.78 is 16.5. The van der Waals surface area contributed by atoms with Gasteiger partial charge >= 0.3 is 12.1 Å². The van der Waals surface area contributed by atoms with Gasteiger partial charge in [0.25, 0.3) is 0 Å². The number of amides is 4. The Balaban J connectivity index is 3.33. The van der Waals surface area contributed by atoms with E-state index in [2.05, 4.69) is 17.2 Å². The summed E-state index contributed by atoms with van der Waals surface area (Å²) in [6.07, 6.45) is 0.458. The second-order valence-corrected chi connectivity index (χ2v) is 13.6. The van der Waals surface area contributed by atoms with Crippen LogP contribution in [0.25, 0.3) is 0 Å². The van der Waals surface area contributed by atoms with Crippen molar-refractivity contribution >= 4 is 29.8 Å². The van der Waals surface area contributed by atoms with Crippen molar-refractivity contribution in [2.75, 3.05) is 27.2 Å². The zero-order valence-electron chi connectivity index (χ0n) is 29.8. The second-order valence-electron chi connectivity index (χ2n) is 13.6. The Hall–Kier alpha value is -3.93. The molecule has 0 saturated carbocycles. The van der Waals surface area contributed by atoms with Crippen LogP contribution in [-0.4, -0.2) is 96.7 Å². The normalized spacial score (nSPS) is 14.0. The highest BCUT2D eigenvalue weighted by atomic mass is 16.6. The fraction of sp³-hybridized carbons (Fsp3) is 0.629. The van der Waals surface area contributed by atoms with E-state index in [1.165, 1.54) is 25.1 Å². The first-order valence-electron chi connectivity index (χ1n) is 16.1. The minimum absolute atomic E-state index is 0.00451. The van der Waals surface area contributed by atoms with Gasteiger partial charge in [0, 0.05) is 14.1 Å². The van der Waals surface area contributed by atoms with Crippen molar-refractivity contribution in [2.24, 2.45) is 11.8 Å². The van der Waals surface area contributed by atoms with Crippen LogP contribution in [0.15, 0.2) is 43.0 Å². The first kappa shape index (κ1) is 41.1. The molecule has 264 valence electrons. The largest absolute Gasteiger partial charge is 0.460 e. The Morgan fingerprint density at radius 3 is 2.02 bits per heavy atom. The summed E-state index contributed by atoms with van der Waals surface area (Å²) in [5.74, 6) is -2.22. The third kappa shape index (κ3) is 15.5. The van der Waals surface area contributed by atoms with Crippen LogP contribution in [0.5, 0.6) is 0 Å². The molecule has 0 aliphatic rings. The van der Waals surface area contributed by atoms with Crippen LogP contribution in [0.4, 0.5) is 4.79 Å². The number of rotatable bonds is 18. The average Bonchev–Trinajstić information content (AvgIpc) is 2.97. The van der Waals surface area contributed by atoms with E-state index in [0.717, 1.165) is 10.5 Å². The predicted molar refractivity (Wildman–Crippen MR) is 180 cm³/mol. The number of nitrogens with one attached hydrogen (secondary N) is 2. The van der Waals surface area contributed by atoms with Gasteiger partial charge in [0.15, 0.2) is 0 Å². The number of alkyl carbamates (subject to hydrolysis) is 1. The molecule has 2 unspecified atom stereocenters. The first-order valence-corrected chi connectivity index (χ1v) is 16.1. The summed E-state index contributed by atoms with van der Waals surface area (Å²) in [5, 5.41) is 5.49. The van der Waals surface area contributed by atoms with E-state index >= 15 is 0 Å². The maximum Gasteiger partial charge on any atom is 0.408 e. The number of ether oxygens (including phenoxy) is 3. The Kier molecular flexibility index (Phi) is 17.2. The molecule has 0 radical (unpaired) electrons. The highest BCUT2D eigenvalue weighted by Crippen LogP contribution is 2.17. The zero-order valence-corrected chi connectivity index (χ0v) is 29.8. The van der Waals surface area contributed by atoms with Crippen LogP contribution in [0.3, 0.4) is 0 Å². The Bertz CT molecular complexity index is 1180. The number of carbonyl (C=O) groups is 5. The van der Waals surface area contributed by atoms with E-state index < -0.39 is 59.6 Å². The lowest BCUT2D eigenvalue weighted by molar-refractivity contribution is -0.150. The molecule has 4 amide bonds. The van der Waals surface area contributed by atoms with Crippen LogP contribution in [-0.2, 0) is 40.0 Å². The van der Waals surface area contributed by atoms with Crippen molar-refractivity contribution in [3.05, 3.63) is 48.6 Å². The molecule has 1 aromatic carbocycles. The standard InChI is InChI=1S/C35H56N4O8/c1-12-18-45-29(40)21-38(10)33(43)30(25(6)46-22-26-16-14-13-15-17-26)37-31(41)28(20-24(4)5)39(11)32(42)27(19-23(2)3)36-34(44)47-35(7,8)9/h12-17,23-25,27-28,30H,1,18-22H2,2-11H3,(H,36,44)(H,37,41)/t25?,27?,28-,30-/m0/s1. The smallest absolute Gasteiger partial charge is 0.408 e. The number of carbonyl (C=O) groups excluding carboxylic acids is 5. The van der Waals surface area contributed by atoms with Crippen molar-refractivity contribution in [1.82, 2.24) is 20.4 Å². The molecule has 0 aliphatic heterocycles. The monoisotopic (exact) mass is 660 g/mol. The molecule has 0 aliphatic carbocycles. The molecule has 47 heavy (non-hydrogen) atoms. The van der Waals surface area contributed by atoms with Crippen molar-refractivity contribution in [3.8, 4) is 0 Å². The number of hydrogen-bond donors (Lipinski definition) is 2. The number of benzene rings is 1. The second kappa shape index (κ2) is 19.7. The van der Waals surface area contributed by atoms with Gasteiger partial charge in [-0.05, 0) is 57.9 Å². The lowest BCUT2D eigenvalue weighted by Gasteiger charge is -2.35. The van der Waals surface area contributed by atoms with Crippen molar-refractivity contribution in [1.29, 1.82) is 0 Å². The van der Waals surface area contributed by atoms with E-state index in [1.807, 2.05) is 58.0 Å². The lowest BCUT2D eigenvalue weighted by Crippen LogP contribution is -2.60. The molecule has 0 heterocycles. The van der Waals surface area contributed by atoms with Crippen LogP contribution in [0, 0.1) is 11.8 Å². The number of nitrogens with zero attached hydrogens (tertiary/aromatic N) is 2. The van der Waals surface area contributed by atoms with Gasteiger partial charge in [-0.3, -0.25) is 19.2 Å². The van der Waals surface area contributed by atoms with Gasteiger partial charge in [0.05, 0.1) is 12.7 Å². The minimum atomic E-state index is -1.20. The zero-order chi connectivity index (χ0) is 35.9. The summed E-state index contributed by atoms with van der Waals surface area (Å²) in [4.78, 5) is 69.0. The van der Waals surface area contributed by atoms with E-state index in [-0.39, 0.29) is 38.0 Å². The Labute approximate surface area is 280 Å². The highest BCUT2D eigenvalue weighted by Gasteiger charge is 2.37. The molecule has 4 atom stereocenters. The first-order chi connectivity index (χ1) is 21.9. The van der Waals surface area contributed by atoms with Gasteiger partial charge in [0.1, 0.15) is 36.9 Å². The number of likely N-dealkylation sites (N-methyl/N-ethyl adjacent to an activating group) is 2. The van der Waals surface area contributed by atoms with Crippen molar-refractivity contribution in [3.63, 3.8) is 0 Å². The number of hydrogen-bond acceptors (Lipinski definition) is 8. The molecule has 0 spiro atoms. The third-order valence-corrected chi connectivity index (χ3v) is 7.00. The molecule has 12 heteroatoms. The summed E-state index contributed by atoms with van der Waals surface area (Å²) >= 11 is 0. The topological polar surface area (TPSA) is 144 Å². The summed E-state index contributed by atoms with van der Waals surface area (Å²) in [5.41, 5.74) is 0.104. The van der Waals surface area contributed by atoms with Crippen molar-refractivity contribution in [2.45, 2.75) is 105 Å². The third-order valence-electron chi connectivity index (χ3n) is 7.00. The fourth-order valence-electron chi connectivity index (χ4n) is 4.66. The maximum absolute atomic E-state index is 14.0. The molecule has 0 bridgehead atoms. The summed E-state index contributed by atoms with van der Waals surface area (Å²) in [6, 6.07) is 6.22. The fourth-order valence-corrected chi connectivity index (χ4v) is 4.66. The highest BCUT2D eigenvalue weighted by molar-refractivity contribution is 5.94. The van der Waals surface area contributed by atoms with Crippen molar-refractivity contribution < 1.29 is 38.2 Å². The van der Waals surface area contributed by atoms with Crippen LogP contribution in [0.1, 0.15) is 73.8 Å². The molecule has 0 fully saturated rings. The Morgan fingerprint density at radius 2 is 1.49 bits per heavy atom. The van der Waals surface area contributed by atoms with Crippen LogP contribution in [0.2, 0.25) is 0 Å². The van der Waals surface area contributed by atoms with E-state index in [4.69, 9.17) is 14.2 Å². The summed E-state index contributed by atoms with van der Waals surface area (Å²) in [6.45, 7) is 17.8. The Morgan fingerprint density at radius 1 is 0.894 bits per heavy atom. The van der Waals surface area contributed by atoms with Gasteiger partial charge in [-0.2, -0.15) is 0 Å². The molecule has 1 rings (SSSR count). The SMILES string of the molecule is C=CCOC(=O)CN(C)C(=O)[C@@H](NC(=O)[C@H](CC(C)C)N(C)C(=O)C(CC(C)C)NC(=O)OC(C)(C)C)C(C)OCc1ccccc1. The molecule has 0 saturated heterocycles. The van der Waals surface area contributed by atoms with Gasteiger partial charge in [-0.1, -0.05) is 70.7 Å².